The van der Waals surface area contributed by atoms with Crippen molar-refractivity contribution in [1.82, 2.24) is 0 Å². The fourth-order valence-corrected chi connectivity index (χ4v) is 3.18. The molecule has 1 saturated carbocycles. The highest BCUT2D eigenvalue weighted by atomic mass is 16.5. The lowest BCUT2D eigenvalue weighted by molar-refractivity contribution is -0.674. The molecule has 20 heavy (non-hydrogen) atoms. The van der Waals surface area contributed by atoms with Gasteiger partial charge in [0, 0.05) is 12.1 Å². The third kappa shape index (κ3) is 3.38. The van der Waals surface area contributed by atoms with Gasteiger partial charge in [0.1, 0.15) is 13.2 Å². The Bertz CT molecular complexity index is 470. The summed E-state index contributed by atoms with van der Waals surface area (Å²) in [5.41, 5.74) is 0.619. The van der Waals surface area contributed by atoms with Crippen LogP contribution in [0.1, 0.15) is 50.5 Å². The van der Waals surface area contributed by atoms with Gasteiger partial charge in [-0.05, 0) is 36.7 Å². The van der Waals surface area contributed by atoms with Crippen LogP contribution in [-0.4, -0.2) is 12.1 Å². The van der Waals surface area contributed by atoms with E-state index in [-0.39, 0.29) is 12.1 Å². The van der Waals surface area contributed by atoms with Crippen LogP contribution in [0.4, 0.5) is 0 Å². The highest BCUT2D eigenvalue weighted by Crippen LogP contribution is 2.35. The van der Waals surface area contributed by atoms with Gasteiger partial charge in [0.25, 0.3) is 5.69 Å². The lowest BCUT2D eigenvalue weighted by Crippen LogP contribution is -2.40. The molecule has 0 amide bonds. The number of hydrogen-bond donors (Lipinski definition) is 0. The molecule has 1 heterocycles. The maximum absolute atomic E-state index is 12.4. The van der Waals surface area contributed by atoms with Crippen LogP contribution in [-0.2, 0) is 11.8 Å². The molecule has 1 fully saturated rings. The minimum atomic E-state index is -0.196. The van der Waals surface area contributed by atoms with Gasteiger partial charge in [-0.25, -0.2) is 4.79 Å². The second-order valence-corrected chi connectivity index (χ2v) is 6.47. The first-order chi connectivity index (χ1) is 9.49. The van der Waals surface area contributed by atoms with Crippen molar-refractivity contribution in [2.45, 2.75) is 46.1 Å². The highest BCUT2D eigenvalue weighted by molar-refractivity contribution is 5.85. The number of carbonyl (C=O) groups is 1. The Hall–Kier alpha value is -1.38. The number of pyridine rings is 1. The van der Waals surface area contributed by atoms with Crippen molar-refractivity contribution in [3.63, 3.8) is 0 Å². The third-order valence-electron chi connectivity index (χ3n) is 4.48. The number of carbonyl (C=O) groups excluding carboxylic acids is 1. The Labute approximate surface area is 122 Å². The van der Waals surface area contributed by atoms with Crippen molar-refractivity contribution >= 4 is 5.97 Å². The fourth-order valence-electron chi connectivity index (χ4n) is 3.18. The third-order valence-corrected chi connectivity index (χ3v) is 4.48. The molecule has 110 valence electrons. The molecule has 1 aromatic rings. The van der Waals surface area contributed by atoms with E-state index in [1.807, 2.05) is 36.0 Å². The van der Waals surface area contributed by atoms with Crippen molar-refractivity contribution < 1.29 is 14.1 Å². The summed E-state index contributed by atoms with van der Waals surface area (Å²) < 4.78 is 7.66. The SMILES string of the molecule is CC(C)[C@@H]1CC[C@@H](C)C[C@H]1OC(=O)c1cccc[n+]1C. The molecule has 3 atom stereocenters. The lowest BCUT2D eigenvalue weighted by Gasteiger charge is -2.36. The smallest absolute Gasteiger partial charge is 0.403 e. The minimum absolute atomic E-state index is 0.0615. The number of ether oxygens (including phenoxy) is 1. The summed E-state index contributed by atoms with van der Waals surface area (Å²) in [7, 11) is 1.88. The topological polar surface area (TPSA) is 30.2 Å². The average molecular weight is 276 g/mol. The first-order valence-electron chi connectivity index (χ1n) is 7.64. The van der Waals surface area contributed by atoms with E-state index < -0.39 is 0 Å². The monoisotopic (exact) mass is 276 g/mol. The van der Waals surface area contributed by atoms with Crippen molar-refractivity contribution in [3.8, 4) is 0 Å². The fraction of sp³-hybridized carbons (Fsp3) is 0.647. The Morgan fingerprint density at radius 3 is 2.75 bits per heavy atom. The predicted octanol–water partition coefficient (Wildman–Crippen LogP) is 3.13. The highest BCUT2D eigenvalue weighted by Gasteiger charge is 2.34. The number of hydrogen-bond acceptors (Lipinski definition) is 2. The van der Waals surface area contributed by atoms with Gasteiger partial charge in [-0.3, -0.25) is 0 Å². The van der Waals surface area contributed by atoms with Gasteiger partial charge in [0.15, 0.2) is 6.20 Å². The van der Waals surface area contributed by atoms with Gasteiger partial charge in [-0.1, -0.05) is 27.2 Å². The Kier molecular flexibility index (Phi) is 4.79. The van der Waals surface area contributed by atoms with E-state index in [0.717, 1.165) is 12.8 Å². The van der Waals surface area contributed by atoms with Crippen LogP contribution in [0.25, 0.3) is 0 Å². The Morgan fingerprint density at radius 2 is 2.10 bits per heavy atom. The number of rotatable bonds is 3. The minimum Gasteiger partial charge on any atom is -0.454 e. The molecule has 1 aliphatic rings. The first-order valence-corrected chi connectivity index (χ1v) is 7.64. The largest absolute Gasteiger partial charge is 0.454 e. The molecular formula is C17H26NO2+. The van der Waals surface area contributed by atoms with Crippen LogP contribution < -0.4 is 4.57 Å². The summed E-state index contributed by atoms with van der Waals surface area (Å²) in [4.78, 5) is 12.4. The Balaban J connectivity index is 2.10. The summed E-state index contributed by atoms with van der Waals surface area (Å²) in [6.45, 7) is 6.70. The molecule has 3 heteroatoms. The van der Waals surface area contributed by atoms with Crippen molar-refractivity contribution in [2.24, 2.45) is 24.8 Å². The molecule has 2 rings (SSSR count). The van der Waals surface area contributed by atoms with E-state index in [0.29, 0.717) is 23.4 Å². The van der Waals surface area contributed by atoms with E-state index in [1.54, 1.807) is 0 Å². The zero-order valence-corrected chi connectivity index (χ0v) is 13.0. The summed E-state index contributed by atoms with van der Waals surface area (Å²) in [5, 5.41) is 0. The van der Waals surface area contributed by atoms with Gasteiger partial charge in [0.05, 0.1) is 0 Å². The molecule has 0 unspecified atom stereocenters. The molecule has 0 bridgehead atoms. The van der Waals surface area contributed by atoms with Crippen LogP contribution in [0.2, 0.25) is 0 Å². The average Bonchev–Trinajstić information content (AvgIpc) is 2.38. The van der Waals surface area contributed by atoms with Crippen molar-refractivity contribution in [3.05, 3.63) is 30.1 Å². The normalized spacial score (nSPS) is 26.6. The number of nitrogens with zero attached hydrogens (tertiary/aromatic N) is 1. The quantitative estimate of drug-likeness (QED) is 0.627. The molecule has 0 N–H and O–H groups in total. The number of esters is 1. The van der Waals surface area contributed by atoms with Crippen LogP contribution in [0.3, 0.4) is 0 Å². The molecule has 0 aromatic carbocycles. The second kappa shape index (κ2) is 6.38. The zero-order valence-electron chi connectivity index (χ0n) is 13.0. The van der Waals surface area contributed by atoms with E-state index in [1.165, 1.54) is 6.42 Å². The zero-order chi connectivity index (χ0) is 14.7. The molecule has 0 spiro atoms. The molecule has 1 aliphatic carbocycles. The van der Waals surface area contributed by atoms with Crippen LogP contribution in [0.15, 0.2) is 24.4 Å². The molecule has 0 radical (unpaired) electrons. The molecule has 1 aromatic heterocycles. The molecular weight excluding hydrogens is 250 g/mol. The van der Waals surface area contributed by atoms with Gasteiger partial charge >= 0.3 is 5.97 Å². The number of aryl methyl sites for hydroxylation is 1. The van der Waals surface area contributed by atoms with Crippen LogP contribution in [0, 0.1) is 17.8 Å². The molecule has 3 nitrogen and oxygen atoms in total. The van der Waals surface area contributed by atoms with Gasteiger partial charge in [-0.15, -0.1) is 0 Å². The summed E-state index contributed by atoms with van der Waals surface area (Å²) in [6, 6.07) is 5.61. The van der Waals surface area contributed by atoms with Gasteiger partial charge in [-0.2, -0.15) is 4.57 Å². The van der Waals surface area contributed by atoms with E-state index in [2.05, 4.69) is 20.8 Å². The summed E-state index contributed by atoms with van der Waals surface area (Å²) in [6.07, 6.45) is 5.34. The maximum atomic E-state index is 12.4. The predicted molar refractivity (Wildman–Crippen MR) is 78.2 cm³/mol. The standard InChI is InChI=1S/C17H26NO2/c1-12(2)14-9-8-13(3)11-16(14)20-17(19)15-7-5-6-10-18(15)4/h5-7,10,12-14,16H,8-9,11H2,1-4H3/q+1/t13-,14+,16-/m1/s1. The van der Waals surface area contributed by atoms with Crippen molar-refractivity contribution in [2.75, 3.05) is 0 Å². The molecule has 0 saturated heterocycles. The first kappa shape index (κ1) is 15.0. The maximum Gasteiger partial charge on any atom is 0.403 e. The Morgan fingerprint density at radius 1 is 1.35 bits per heavy atom. The summed E-state index contributed by atoms with van der Waals surface area (Å²) in [5.74, 6) is 1.50. The van der Waals surface area contributed by atoms with E-state index >= 15 is 0 Å². The second-order valence-electron chi connectivity index (χ2n) is 6.47. The van der Waals surface area contributed by atoms with Crippen LogP contribution in [0.5, 0.6) is 0 Å². The van der Waals surface area contributed by atoms with E-state index in [9.17, 15) is 4.79 Å². The van der Waals surface area contributed by atoms with E-state index in [4.69, 9.17) is 4.74 Å². The molecule has 0 aliphatic heterocycles. The number of aromatic nitrogens is 1. The van der Waals surface area contributed by atoms with Gasteiger partial charge in [0.2, 0.25) is 0 Å². The van der Waals surface area contributed by atoms with Crippen molar-refractivity contribution in [1.29, 1.82) is 0 Å². The summed E-state index contributed by atoms with van der Waals surface area (Å²) >= 11 is 0. The van der Waals surface area contributed by atoms with Crippen LogP contribution >= 0.6 is 0 Å². The van der Waals surface area contributed by atoms with Gasteiger partial charge < -0.3 is 4.74 Å². The lowest BCUT2D eigenvalue weighted by atomic mass is 9.75.